The number of carbonyl (C=O) groups is 3. The van der Waals surface area contributed by atoms with Crippen LogP contribution in [-0.2, 0) is 19.1 Å². The Morgan fingerprint density at radius 1 is 1.14 bits per heavy atom. The van der Waals surface area contributed by atoms with Crippen LogP contribution in [0, 0.1) is 5.41 Å². The van der Waals surface area contributed by atoms with E-state index >= 15 is 0 Å². The van der Waals surface area contributed by atoms with Gasteiger partial charge in [-0.1, -0.05) is 18.2 Å². The van der Waals surface area contributed by atoms with Crippen LogP contribution in [0.15, 0.2) is 42.0 Å². The van der Waals surface area contributed by atoms with E-state index in [0.717, 1.165) is 0 Å². The molecule has 0 amide bonds. The summed E-state index contributed by atoms with van der Waals surface area (Å²) >= 11 is 0. The molecule has 1 atom stereocenters. The number of hydrogen-bond donors (Lipinski definition) is 1. The number of hydrogen-bond acceptors (Lipinski definition) is 7. The fraction of sp³-hybridized carbons (Fsp3) is 0.350. The Morgan fingerprint density at radius 3 is 2.18 bits per heavy atom. The van der Waals surface area contributed by atoms with Crippen molar-refractivity contribution in [1.82, 2.24) is 0 Å². The zero-order chi connectivity index (χ0) is 21.2. The minimum Gasteiger partial charge on any atom is -0.496 e. The van der Waals surface area contributed by atoms with E-state index in [2.05, 4.69) is 0 Å². The third-order valence-electron chi connectivity index (χ3n) is 3.86. The lowest BCUT2D eigenvalue weighted by Crippen LogP contribution is -2.33. The van der Waals surface area contributed by atoms with E-state index in [1.165, 1.54) is 14.2 Å². The van der Waals surface area contributed by atoms with Gasteiger partial charge in [-0.05, 0) is 20.3 Å². The van der Waals surface area contributed by atoms with Gasteiger partial charge in [-0.25, -0.2) is 4.79 Å². The summed E-state index contributed by atoms with van der Waals surface area (Å²) in [5, 5.41) is 6.89. The lowest BCUT2D eigenvalue weighted by Gasteiger charge is -2.26. The topological polar surface area (TPSA) is 108 Å². The predicted octanol–water partition coefficient (Wildman–Crippen LogP) is 2.77. The molecule has 1 aliphatic rings. The van der Waals surface area contributed by atoms with E-state index < -0.39 is 17.4 Å². The first kappa shape index (κ1) is 22.8. The van der Waals surface area contributed by atoms with Crippen molar-refractivity contribution in [3.63, 3.8) is 0 Å². The molecule has 0 radical (unpaired) electrons. The molecule has 2 rings (SSSR count). The number of allylic oxidation sites excluding steroid dienone is 2. The zero-order valence-electron chi connectivity index (χ0n) is 16.3. The summed E-state index contributed by atoms with van der Waals surface area (Å²) < 4.78 is 20.8. The number of ether oxygens (including phenoxy) is 4. The van der Waals surface area contributed by atoms with Gasteiger partial charge in [0.1, 0.15) is 17.2 Å². The normalized spacial score (nSPS) is 17.4. The second-order valence-electron chi connectivity index (χ2n) is 5.91. The van der Waals surface area contributed by atoms with Crippen molar-refractivity contribution < 1.29 is 38.4 Å². The van der Waals surface area contributed by atoms with Gasteiger partial charge >= 0.3 is 11.9 Å². The van der Waals surface area contributed by atoms with E-state index in [9.17, 15) is 9.59 Å². The van der Waals surface area contributed by atoms with Crippen LogP contribution in [0.4, 0.5) is 0 Å². The number of carboxylic acid groups (broad SMARTS) is 1. The van der Waals surface area contributed by atoms with Gasteiger partial charge in [0.25, 0.3) is 6.47 Å². The van der Waals surface area contributed by atoms with Crippen molar-refractivity contribution in [3.8, 4) is 17.2 Å². The Kier molecular flexibility index (Phi) is 8.74. The summed E-state index contributed by atoms with van der Waals surface area (Å²) in [6.07, 6.45) is 5.25. The Hall–Kier alpha value is -3.29. The largest absolute Gasteiger partial charge is 0.496 e. The fourth-order valence-electron chi connectivity index (χ4n) is 2.46. The molecule has 1 aromatic rings. The maximum absolute atomic E-state index is 12.7. The second-order valence-corrected chi connectivity index (χ2v) is 5.91. The molecule has 1 unspecified atom stereocenters. The number of methoxy groups -OCH3 is 2. The van der Waals surface area contributed by atoms with Crippen molar-refractivity contribution in [2.45, 2.75) is 20.3 Å². The van der Waals surface area contributed by atoms with Crippen LogP contribution >= 0.6 is 0 Å². The summed E-state index contributed by atoms with van der Waals surface area (Å²) in [6.45, 7) is 3.49. The van der Waals surface area contributed by atoms with Gasteiger partial charge in [0, 0.05) is 23.8 Å². The molecule has 0 spiro atoms. The summed E-state index contributed by atoms with van der Waals surface area (Å²) in [5.74, 6) is 0.433. The van der Waals surface area contributed by atoms with Crippen LogP contribution in [0.3, 0.4) is 0 Å². The van der Waals surface area contributed by atoms with Crippen LogP contribution in [0.1, 0.15) is 20.3 Å². The standard InChI is InChI=1S/C19H22O6.CH2O2/c1-5-24-17(20)13-7-6-8-19(2,12-13)18(21)25-16-10-14(22-3)9-15(11-16)23-4;2-1-3/h6-11H,5,12H2,1-4H3;1H,(H,2,3). The summed E-state index contributed by atoms with van der Waals surface area (Å²) in [4.78, 5) is 33.0. The number of carbonyl (C=O) groups excluding carboxylic acids is 2. The lowest BCUT2D eigenvalue weighted by molar-refractivity contribution is -0.143. The van der Waals surface area contributed by atoms with Gasteiger partial charge in [0.05, 0.1) is 26.2 Å². The maximum Gasteiger partial charge on any atom is 0.334 e. The average molecular weight is 392 g/mol. The Balaban J connectivity index is 0.00000122. The van der Waals surface area contributed by atoms with E-state index in [4.69, 9.17) is 28.8 Å². The quantitative estimate of drug-likeness (QED) is 0.447. The first-order valence-electron chi connectivity index (χ1n) is 8.42. The molecule has 0 bridgehead atoms. The first-order chi connectivity index (χ1) is 13.3. The molecular formula is C20H24O8. The molecule has 0 saturated heterocycles. The lowest BCUT2D eigenvalue weighted by atomic mass is 9.80. The highest BCUT2D eigenvalue weighted by atomic mass is 16.5. The number of rotatable bonds is 6. The highest BCUT2D eigenvalue weighted by Crippen LogP contribution is 2.35. The third kappa shape index (κ3) is 6.15. The van der Waals surface area contributed by atoms with E-state index in [0.29, 0.717) is 22.8 Å². The molecular weight excluding hydrogens is 368 g/mol. The van der Waals surface area contributed by atoms with Crippen LogP contribution in [0.25, 0.3) is 0 Å². The van der Waals surface area contributed by atoms with Gasteiger partial charge in [-0.2, -0.15) is 0 Å². The molecule has 8 nitrogen and oxygen atoms in total. The van der Waals surface area contributed by atoms with Gasteiger partial charge in [0.2, 0.25) is 0 Å². The van der Waals surface area contributed by atoms with Crippen molar-refractivity contribution >= 4 is 18.4 Å². The second kappa shape index (κ2) is 10.8. The highest BCUT2D eigenvalue weighted by Gasteiger charge is 2.37. The highest BCUT2D eigenvalue weighted by molar-refractivity contribution is 5.92. The van der Waals surface area contributed by atoms with E-state index in [1.807, 2.05) is 0 Å². The van der Waals surface area contributed by atoms with Gasteiger partial charge in [-0.15, -0.1) is 0 Å². The maximum atomic E-state index is 12.7. The van der Waals surface area contributed by atoms with Crippen LogP contribution in [0.2, 0.25) is 0 Å². The first-order valence-corrected chi connectivity index (χ1v) is 8.42. The summed E-state index contributed by atoms with van der Waals surface area (Å²) in [6, 6.07) is 4.87. The molecule has 1 aromatic carbocycles. The van der Waals surface area contributed by atoms with E-state index in [1.54, 1.807) is 50.3 Å². The smallest absolute Gasteiger partial charge is 0.334 e. The van der Waals surface area contributed by atoms with Gasteiger partial charge < -0.3 is 24.1 Å². The Morgan fingerprint density at radius 2 is 1.68 bits per heavy atom. The zero-order valence-corrected chi connectivity index (χ0v) is 16.3. The van der Waals surface area contributed by atoms with Crippen molar-refractivity contribution in [1.29, 1.82) is 0 Å². The van der Waals surface area contributed by atoms with Crippen molar-refractivity contribution in [2.24, 2.45) is 5.41 Å². The van der Waals surface area contributed by atoms with Gasteiger partial charge in [-0.3, -0.25) is 9.59 Å². The molecule has 0 heterocycles. The van der Waals surface area contributed by atoms with Crippen LogP contribution in [0.5, 0.6) is 17.2 Å². The average Bonchev–Trinajstić information content (AvgIpc) is 2.68. The molecule has 0 aromatic heterocycles. The predicted molar refractivity (Wildman–Crippen MR) is 100 cm³/mol. The molecule has 152 valence electrons. The van der Waals surface area contributed by atoms with Crippen LogP contribution < -0.4 is 14.2 Å². The van der Waals surface area contributed by atoms with Crippen LogP contribution in [-0.4, -0.2) is 44.3 Å². The van der Waals surface area contributed by atoms with Crippen molar-refractivity contribution in [3.05, 3.63) is 42.0 Å². The molecule has 0 aliphatic heterocycles. The number of benzene rings is 1. The van der Waals surface area contributed by atoms with Gasteiger partial charge in [0.15, 0.2) is 0 Å². The molecule has 1 N–H and O–H groups in total. The molecule has 1 aliphatic carbocycles. The molecule has 8 heteroatoms. The monoisotopic (exact) mass is 392 g/mol. The SMILES string of the molecule is CCOC(=O)C1=CC=CC(C)(C(=O)Oc2cc(OC)cc(OC)c2)C1.O=CO. The summed E-state index contributed by atoms with van der Waals surface area (Å²) in [5.41, 5.74) is -0.528. The molecule has 0 fully saturated rings. The Labute approximate surface area is 163 Å². The summed E-state index contributed by atoms with van der Waals surface area (Å²) in [7, 11) is 3.03. The minimum absolute atomic E-state index is 0.211. The Bertz CT molecular complexity index is 743. The van der Waals surface area contributed by atoms with E-state index in [-0.39, 0.29) is 19.5 Å². The minimum atomic E-state index is -0.965. The van der Waals surface area contributed by atoms with Crippen molar-refractivity contribution in [2.75, 3.05) is 20.8 Å². The fourth-order valence-corrected chi connectivity index (χ4v) is 2.46. The number of esters is 2. The third-order valence-corrected chi connectivity index (χ3v) is 3.86. The molecule has 28 heavy (non-hydrogen) atoms. The molecule has 0 saturated carbocycles.